The van der Waals surface area contributed by atoms with Crippen molar-refractivity contribution in [2.24, 2.45) is 0 Å². The van der Waals surface area contributed by atoms with E-state index in [0.29, 0.717) is 12.0 Å². The van der Waals surface area contributed by atoms with Crippen LogP contribution in [0.5, 0.6) is 0 Å². The molecule has 1 aliphatic rings. The lowest BCUT2D eigenvalue weighted by Crippen LogP contribution is -2.44. The summed E-state index contributed by atoms with van der Waals surface area (Å²) < 4.78 is 18.6. The number of halogens is 1. The predicted molar refractivity (Wildman–Crippen MR) is 103 cm³/mol. The molecule has 2 rings (SSSR count). The number of carbonyl (C=O) groups excluding carboxylic acids is 4. The maximum atomic E-state index is 13.6. The number of aryl methyl sites for hydroxylation is 1. The number of rotatable bonds is 8. The van der Waals surface area contributed by atoms with E-state index in [1.807, 2.05) is 6.92 Å². The zero-order chi connectivity index (χ0) is 21.8. The van der Waals surface area contributed by atoms with E-state index < -0.39 is 47.8 Å². The van der Waals surface area contributed by atoms with Crippen LogP contribution >= 0.6 is 0 Å². The minimum absolute atomic E-state index is 0.224. The van der Waals surface area contributed by atoms with Crippen molar-refractivity contribution < 1.29 is 28.3 Å². The van der Waals surface area contributed by atoms with Crippen LogP contribution in [0.15, 0.2) is 18.2 Å². The second kappa shape index (κ2) is 9.02. The number of imide groups is 1. The number of urea groups is 1. The van der Waals surface area contributed by atoms with Gasteiger partial charge in [0, 0.05) is 5.69 Å². The quantitative estimate of drug-likeness (QED) is 0.509. The highest BCUT2D eigenvalue weighted by atomic mass is 19.1. The molecule has 29 heavy (non-hydrogen) atoms. The Labute approximate surface area is 168 Å². The Morgan fingerprint density at radius 2 is 2.03 bits per heavy atom. The largest absolute Gasteiger partial charge is 0.451 e. The average molecular weight is 407 g/mol. The van der Waals surface area contributed by atoms with Gasteiger partial charge in [0.2, 0.25) is 0 Å². The SMILES string of the molecule is CCCC[C@]1(C)NC(=O)N(CC(=O)O[C@@H](C)C(=O)Nc2ccc(C)c(F)c2)C1=O. The molecule has 0 saturated carbocycles. The topological polar surface area (TPSA) is 105 Å². The number of hydrogen-bond acceptors (Lipinski definition) is 5. The Morgan fingerprint density at radius 3 is 2.66 bits per heavy atom. The number of unbranched alkanes of at least 4 members (excludes halogenated alkanes) is 1. The maximum absolute atomic E-state index is 13.6. The van der Waals surface area contributed by atoms with Crippen molar-refractivity contribution in [1.29, 1.82) is 0 Å². The number of amides is 4. The highest BCUT2D eigenvalue weighted by Gasteiger charge is 2.48. The number of nitrogens with one attached hydrogen (secondary N) is 2. The number of anilines is 1. The third-order valence-electron chi connectivity index (χ3n) is 4.78. The first-order chi connectivity index (χ1) is 13.6. The van der Waals surface area contributed by atoms with Crippen LogP contribution in [0.1, 0.15) is 45.6 Å². The molecule has 1 aromatic carbocycles. The van der Waals surface area contributed by atoms with Crippen molar-refractivity contribution in [3.8, 4) is 0 Å². The predicted octanol–water partition coefficient (Wildman–Crippen LogP) is 2.51. The van der Waals surface area contributed by atoms with Gasteiger partial charge in [-0.2, -0.15) is 0 Å². The van der Waals surface area contributed by atoms with E-state index in [-0.39, 0.29) is 5.69 Å². The molecule has 1 aromatic rings. The van der Waals surface area contributed by atoms with Gasteiger partial charge in [0.1, 0.15) is 17.9 Å². The van der Waals surface area contributed by atoms with Gasteiger partial charge >= 0.3 is 12.0 Å². The minimum atomic E-state index is -1.20. The third-order valence-corrected chi connectivity index (χ3v) is 4.78. The fraction of sp³-hybridized carbons (Fsp3) is 0.500. The van der Waals surface area contributed by atoms with E-state index in [1.54, 1.807) is 13.8 Å². The Balaban J connectivity index is 1.92. The molecule has 9 heteroatoms. The summed E-state index contributed by atoms with van der Waals surface area (Å²) in [5.41, 5.74) is -0.393. The van der Waals surface area contributed by atoms with Crippen LogP contribution in [0.4, 0.5) is 14.9 Å². The number of esters is 1. The fourth-order valence-corrected chi connectivity index (χ4v) is 2.92. The van der Waals surface area contributed by atoms with Gasteiger partial charge in [0.15, 0.2) is 6.10 Å². The van der Waals surface area contributed by atoms with Gasteiger partial charge < -0.3 is 15.4 Å². The summed E-state index contributed by atoms with van der Waals surface area (Å²) >= 11 is 0. The summed E-state index contributed by atoms with van der Waals surface area (Å²) in [5.74, 6) is -2.53. The Hall–Kier alpha value is -2.97. The molecule has 0 aliphatic carbocycles. The van der Waals surface area contributed by atoms with E-state index in [4.69, 9.17) is 4.74 Å². The van der Waals surface area contributed by atoms with Crippen LogP contribution in [0.25, 0.3) is 0 Å². The average Bonchev–Trinajstić information content (AvgIpc) is 2.86. The molecular formula is C20H26FN3O5. The summed E-state index contributed by atoms with van der Waals surface area (Å²) in [6.07, 6.45) is 0.876. The van der Waals surface area contributed by atoms with Crippen LogP contribution in [0.3, 0.4) is 0 Å². The van der Waals surface area contributed by atoms with E-state index in [2.05, 4.69) is 10.6 Å². The molecule has 8 nitrogen and oxygen atoms in total. The molecule has 2 atom stereocenters. The van der Waals surface area contributed by atoms with E-state index in [1.165, 1.54) is 19.1 Å². The Kier molecular flexibility index (Phi) is 6.94. The lowest BCUT2D eigenvalue weighted by Gasteiger charge is -2.21. The second-order valence-electron chi connectivity index (χ2n) is 7.34. The number of benzene rings is 1. The monoisotopic (exact) mass is 407 g/mol. The molecule has 1 aliphatic heterocycles. The molecule has 4 amide bonds. The van der Waals surface area contributed by atoms with Crippen LogP contribution in [0, 0.1) is 12.7 Å². The summed E-state index contributed by atoms with van der Waals surface area (Å²) in [7, 11) is 0. The van der Waals surface area contributed by atoms with Gasteiger partial charge in [-0.1, -0.05) is 25.8 Å². The van der Waals surface area contributed by atoms with Crippen molar-refractivity contribution in [3.63, 3.8) is 0 Å². The zero-order valence-corrected chi connectivity index (χ0v) is 17.0. The molecule has 2 N–H and O–H groups in total. The number of ether oxygens (including phenoxy) is 1. The van der Waals surface area contributed by atoms with Gasteiger partial charge in [-0.05, 0) is 44.9 Å². The Bertz CT molecular complexity index is 828. The van der Waals surface area contributed by atoms with E-state index in [9.17, 15) is 23.6 Å². The second-order valence-corrected chi connectivity index (χ2v) is 7.34. The zero-order valence-electron chi connectivity index (χ0n) is 17.0. The van der Waals surface area contributed by atoms with Gasteiger partial charge in [-0.3, -0.25) is 19.3 Å². The molecule has 0 bridgehead atoms. The summed E-state index contributed by atoms with van der Waals surface area (Å²) in [4.78, 5) is 49.7. The molecule has 158 valence electrons. The maximum Gasteiger partial charge on any atom is 0.327 e. The first-order valence-electron chi connectivity index (χ1n) is 9.48. The summed E-state index contributed by atoms with van der Waals surface area (Å²) in [6, 6.07) is 3.52. The fourth-order valence-electron chi connectivity index (χ4n) is 2.92. The number of carbonyl (C=O) groups is 4. The number of nitrogens with zero attached hydrogens (tertiary/aromatic N) is 1. The first kappa shape index (κ1) is 22.3. The number of hydrogen-bond donors (Lipinski definition) is 2. The van der Waals surface area contributed by atoms with Crippen molar-refractivity contribution in [3.05, 3.63) is 29.6 Å². The molecule has 0 unspecified atom stereocenters. The lowest BCUT2D eigenvalue weighted by atomic mass is 9.95. The lowest BCUT2D eigenvalue weighted by molar-refractivity contribution is -0.155. The normalized spacial score (nSPS) is 19.7. The van der Waals surface area contributed by atoms with Gasteiger partial charge in [-0.15, -0.1) is 0 Å². The molecule has 0 aromatic heterocycles. The van der Waals surface area contributed by atoms with Crippen molar-refractivity contribution in [2.45, 2.75) is 58.6 Å². The molecule has 1 fully saturated rings. The minimum Gasteiger partial charge on any atom is -0.451 e. The van der Waals surface area contributed by atoms with E-state index in [0.717, 1.165) is 23.8 Å². The van der Waals surface area contributed by atoms with Crippen LogP contribution in [-0.4, -0.2) is 46.9 Å². The standard InChI is InChI=1S/C20H26FN3O5/c1-5-6-9-20(4)18(27)24(19(28)23-20)11-16(25)29-13(3)17(26)22-14-8-7-12(2)15(21)10-14/h7-8,10,13H,5-6,9,11H2,1-4H3,(H,22,26)(H,23,28)/t13-,20-/m0/s1. The molecule has 0 spiro atoms. The Morgan fingerprint density at radius 1 is 1.34 bits per heavy atom. The van der Waals surface area contributed by atoms with E-state index >= 15 is 0 Å². The molecule has 0 radical (unpaired) electrons. The molecular weight excluding hydrogens is 381 g/mol. The highest BCUT2D eigenvalue weighted by Crippen LogP contribution is 2.23. The molecule has 1 saturated heterocycles. The van der Waals surface area contributed by atoms with Gasteiger partial charge in [0.05, 0.1) is 0 Å². The molecule has 1 heterocycles. The smallest absolute Gasteiger partial charge is 0.327 e. The van der Waals surface area contributed by atoms with Gasteiger partial charge in [-0.25, -0.2) is 9.18 Å². The van der Waals surface area contributed by atoms with Crippen molar-refractivity contribution >= 4 is 29.5 Å². The van der Waals surface area contributed by atoms with Crippen LogP contribution in [0.2, 0.25) is 0 Å². The summed E-state index contributed by atoms with van der Waals surface area (Å²) in [5, 5.41) is 5.05. The third kappa shape index (κ3) is 5.30. The van der Waals surface area contributed by atoms with Crippen molar-refractivity contribution in [1.82, 2.24) is 10.2 Å². The van der Waals surface area contributed by atoms with Crippen molar-refractivity contribution in [2.75, 3.05) is 11.9 Å². The summed E-state index contributed by atoms with van der Waals surface area (Å²) in [6.45, 7) is 5.93. The first-order valence-corrected chi connectivity index (χ1v) is 9.48. The van der Waals surface area contributed by atoms with Gasteiger partial charge in [0.25, 0.3) is 11.8 Å². The van der Waals surface area contributed by atoms with Crippen LogP contribution in [-0.2, 0) is 19.1 Å². The highest BCUT2D eigenvalue weighted by molar-refractivity contribution is 6.08. The van der Waals surface area contributed by atoms with Crippen LogP contribution < -0.4 is 10.6 Å².